The number of nitrogens with one attached hydrogen (secondary N) is 1. The molecule has 136 valence electrons. The van der Waals surface area contributed by atoms with Crippen molar-refractivity contribution in [2.24, 2.45) is 0 Å². The highest BCUT2D eigenvalue weighted by Gasteiger charge is 2.31. The SMILES string of the molecule is CCc1onc(C)c1[C@H]1CCCN1Cc1cn[nH]c1-c1ccc(C)cc1. The number of hydrogen-bond acceptors (Lipinski definition) is 4. The van der Waals surface area contributed by atoms with Crippen molar-refractivity contribution in [1.29, 1.82) is 0 Å². The highest BCUT2D eigenvalue weighted by molar-refractivity contribution is 5.62. The Kier molecular flexibility index (Phi) is 4.64. The first-order chi connectivity index (χ1) is 12.7. The Morgan fingerprint density at radius 2 is 2.04 bits per heavy atom. The second-order valence-corrected chi connectivity index (χ2v) is 7.22. The van der Waals surface area contributed by atoms with E-state index < -0.39 is 0 Å². The van der Waals surface area contributed by atoms with Crippen LogP contribution < -0.4 is 0 Å². The van der Waals surface area contributed by atoms with Gasteiger partial charge in [0.1, 0.15) is 5.76 Å². The summed E-state index contributed by atoms with van der Waals surface area (Å²) >= 11 is 0. The molecule has 0 aliphatic carbocycles. The summed E-state index contributed by atoms with van der Waals surface area (Å²) in [6.07, 6.45) is 5.22. The van der Waals surface area contributed by atoms with Gasteiger partial charge in [0.15, 0.2) is 0 Å². The number of aryl methyl sites for hydroxylation is 3. The lowest BCUT2D eigenvalue weighted by Crippen LogP contribution is -2.23. The first-order valence-electron chi connectivity index (χ1n) is 9.45. The quantitative estimate of drug-likeness (QED) is 0.732. The molecule has 1 fully saturated rings. The summed E-state index contributed by atoms with van der Waals surface area (Å²) < 4.78 is 5.55. The highest BCUT2D eigenvalue weighted by Crippen LogP contribution is 2.37. The Morgan fingerprint density at radius 1 is 1.23 bits per heavy atom. The van der Waals surface area contributed by atoms with Crippen LogP contribution in [0.25, 0.3) is 11.3 Å². The van der Waals surface area contributed by atoms with Gasteiger partial charge in [0.25, 0.3) is 0 Å². The molecule has 3 aromatic rings. The standard InChI is InChI=1S/C21H26N4O/c1-4-19-20(15(3)24-26-19)18-6-5-11-25(18)13-17-12-22-23-21(17)16-9-7-14(2)8-10-16/h7-10,12,18H,4-6,11,13H2,1-3H3,(H,22,23)/t18-/m1/s1. The van der Waals surface area contributed by atoms with Gasteiger partial charge in [0.2, 0.25) is 0 Å². The van der Waals surface area contributed by atoms with Crippen molar-refractivity contribution in [3.63, 3.8) is 0 Å². The molecule has 5 nitrogen and oxygen atoms in total. The van der Waals surface area contributed by atoms with Crippen LogP contribution in [0.1, 0.15) is 54.0 Å². The molecule has 1 N–H and O–H groups in total. The van der Waals surface area contributed by atoms with Gasteiger partial charge in [0, 0.05) is 30.1 Å². The molecule has 3 heterocycles. The minimum atomic E-state index is 0.386. The van der Waals surface area contributed by atoms with Crippen molar-refractivity contribution in [2.45, 2.75) is 52.6 Å². The smallest absolute Gasteiger partial charge is 0.141 e. The van der Waals surface area contributed by atoms with Gasteiger partial charge in [-0.1, -0.05) is 41.9 Å². The van der Waals surface area contributed by atoms with E-state index in [4.69, 9.17) is 4.52 Å². The van der Waals surface area contributed by atoms with Crippen molar-refractivity contribution in [2.75, 3.05) is 6.54 Å². The van der Waals surface area contributed by atoms with Gasteiger partial charge in [-0.25, -0.2) is 0 Å². The highest BCUT2D eigenvalue weighted by atomic mass is 16.5. The van der Waals surface area contributed by atoms with Crippen LogP contribution in [0.2, 0.25) is 0 Å². The monoisotopic (exact) mass is 350 g/mol. The van der Waals surface area contributed by atoms with Crippen LogP contribution in [0, 0.1) is 13.8 Å². The van der Waals surface area contributed by atoms with Gasteiger partial charge in [-0.15, -0.1) is 0 Å². The molecule has 4 rings (SSSR count). The van der Waals surface area contributed by atoms with Crippen molar-refractivity contribution >= 4 is 0 Å². The number of likely N-dealkylation sites (tertiary alicyclic amines) is 1. The Labute approximate surface area is 154 Å². The fraction of sp³-hybridized carbons (Fsp3) is 0.429. The third-order valence-corrected chi connectivity index (χ3v) is 5.43. The number of rotatable bonds is 5. The fourth-order valence-electron chi connectivity index (χ4n) is 4.07. The normalized spacial score (nSPS) is 17.9. The summed E-state index contributed by atoms with van der Waals surface area (Å²) in [6.45, 7) is 8.28. The summed E-state index contributed by atoms with van der Waals surface area (Å²) in [7, 11) is 0. The number of benzene rings is 1. The van der Waals surface area contributed by atoms with Crippen molar-refractivity contribution < 1.29 is 4.52 Å². The summed E-state index contributed by atoms with van der Waals surface area (Å²) in [5.74, 6) is 1.03. The molecule has 1 atom stereocenters. The van der Waals surface area contributed by atoms with Crippen LogP contribution in [-0.4, -0.2) is 26.8 Å². The lowest BCUT2D eigenvalue weighted by molar-refractivity contribution is 0.245. The third-order valence-electron chi connectivity index (χ3n) is 5.43. The maximum atomic E-state index is 5.55. The predicted octanol–water partition coefficient (Wildman–Crippen LogP) is 4.58. The zero-order valence-corrected chi connectivity index (χ0v) is 15.7. The van der Waals surface area contributed by atoms with E-state index in [0.29, 0.717) is 6.04 Å². The van der Waals surface area contributed by atoms with E-state index >= 15 is 0 Å². The number of aromatic nitrogens is 3. The van der Waals surface area contributed by atoms with Gasteiger partial charge in [-0.05, 0) is 38.8 Å². The summed E-state index contributed by atoms with van der Waals surface area (Å²) in [6, 6.07) is 9.00. The van der Waals surface area contributed by atoms with E-state index in [1.54, 1.807) is 0 Å². The van der Waals surface area contributed by atoms with E-state index in [1.807, 2.05) is 6.20 Å². The molecule has 0 spiro atoms. The molecule has 0 bridgehead atoms. The van der Waals surface area contributed by atoms with Crippen LogP contribution in [0.4, 0.5) is 0 Å². The zero-order valence-electron chi connectivity index (χ0n) is 15.7. The minimum Gasteiger partial charge on any atom is -0.361 e. The average molecular weight is 350 g/mol. The molecule has 5 heteroatoms. The molecule has 1 saturated heterocycles. The summed E-state index contributed by atoms with van der Waals surface area (Å²) in [5, 5.41) is 11.7. The number of hydrogen-bond donors (Lipinski definition) is 1. The molecule has 26 heavy (non-hydrogen) atoms. The van der Waals surface area contributed by atoms with Gasteiger partial charge in [0.05, 0.1) is 17.6 Å². The van der Waals surface area contributed by atoms with E-state index in [-0.39, 0.29) is 0 Å². The Bertz CT molecular complexity index is 878. The molecule has 0 unspecified atom stereocenters. The molecular formula is C21H26N4O. The molecule has 0 saturated carbocycles. The van der Waals surface area contributed by atoms with E-state index in [1.165, 1.54) is 28.7 Å². The van der Waals surface area contributed by atoms with Gasteiger partial charge < -0.3 is 4.52 Å². The average Bonchev–Trinajstić information content (AvgIpc) is 3.36. The third kappa shape index (κ3) is 3.07. The van der Waals surface area contributed by atoms with Crippen LogP contribution in [0.3, 0.4) is 0 Å². The van der Waals surface area contributed by atoms with Gasteiger partial charge >= 0.3 is 0 Å². The first-order valence-corrected chi connectivity index (χ1v) is 9.45. The molecule has 0 amide bonds. The molecular weight excluding hydrogens is 324 g/mol. The lowest BCUT2D eigenvalue weighted by atomic mass is 10.0. The Balaban J connectivity index is 1.60. The van der Waals surface area contributed by atoms with Gasteiger partial charge in [-0.2, -0.15) is 5.10 Å². The van der Waals surface area contributed by atoms with Crippen molar-refractivity contribution in [3.05, 3.63) is 58.6 Å². The van der Waals surface area contributed by atoms with Crippen molar-refractivity contribution in [3.8, 4) is 11.3 Å². The van der Waals surface area contributed by atoms with Crippen molar-refractivity contribution in [1.82, 2.24) is 20.3 Å². The van der Waals surface area contributed by atoms with Crippen LogP contribution >= 0.6 is 0 Å². The van der Waals surface area contributed by atoms with E-state index in [9.17, 15) is 0 Å². The largest absolute Gasteiger partial charge is 0.361 e. The minimum absolute atomic E-state index is 0.386. The number of nitrogens with zero attached hydrogens (tertiary/aromatic N) is 3. The maximum absolute atomic E-state index is 5.55. The van der Waals surface area contributed by atoms with Crippen LogP contribution in [-0.2, 0) is 13.0 Å². The second-order valence-electron chi connectivity index (χ2n) is 7.22. The van der Waals surface area contributed by atoms with Crippen LogP contribution in [0.15, 0.2) is 35.0 Å². The number of H-pyrrole nitrogens is 1. The summed E-state index contributed by atoms with van der Waals surface area (Å²) in [5.41, 5.74) is 7.15. The van der Waals surface area contributed by atoms with Gasteiger partial charge in [-0.3, -0.25) is 10.00 Å². The molecule has 1 aliphatic rings. The van der Waals surface area contributed by atoms with E-state index in [0.717, 1.165) is 43.1 Å². The Morgan fingerprint density at radius 3 is 2.81 bits per heavy atom. The zero-order chi connectivity index (χ0) is 18.1. The lowest BCUT2D eigenvalue weighted by Gasteiger charge is -2.24. The Hall–Kier alpha value is -2.40. The topological polar surface area (TPSA) is 58.0 Å². The predicted molar refractivity (Wildman–Crippen MR) is 102 cm³/mol. The number of aromatic amines is 1. The van der Waals surface area contributed by atoms with E-state index in [2.05, 4.69) is 65.3 Å². The molecule has 2 aromatic heterocycles. The molecule has 1 aromatic carbocycles. The fourth-order valence-corrected chi connectivity index (χ4v) is 4.07. The van der Waals surface area contributed by atoms with Crippen LogP contribution in [0.5, 0.6) is 0 Å². The second kappa shape index (κ2) is 7.08. The summed E-state index contributed by atoms with van der Waals surface area (Å²) in [4.78, 5) is 2.54. The molecule has 1 aliphatic heterocycles. The first kappa shape index (κ1) is 17.0. The maximum Gasteiger partial charge on any atom is 0.141 e. The molecule has 0 radical (unpaired) electrons.